The lowest BCUT2D eigenvalue weighted by atomic mass is 10.1. The first-order valence-corrected chi connectivity index (χ1v) is 8.94. The van der Waals surface area contributed by atoms with E-state index in [-0.39, 0.29) is 18.3 Å². The molecule has 0 spiro atoms. The van der Waals surface area contributed by atoms with Crippen molar-refractivity contribution in [2.45, 2.75) is 13.8 Å². The van der Waals surface area contributed by atoms with Crippen LogP contribution in [-0.2, 0) is 4.79 Å². The molecule has 0 aliphatic carbocycles. The molecule has 2 N–H and O–H groups in total. The molecular formula is C17H16BrIN2O3. The van der Waals surface area contributed by atoms with Gasteiger partial charge in [0.1, 0.15) is 11.5 Å². The Bertz CT molecular complexity index is 770. The fraction of sp³-hybridized carbons (Fsp3) is 0.176. The predicted octanol–water partition coefficient (Wildman–Crippen LogP) is 3.91. The van der Waals surface area contributed by atoms with Crippen LogP contribution in [0.4, 0.5) is 0 Å². The highest BCUT2D eigenvalue weighted by atomic mass is 127. The summed E-state index contributed by atoms with van der Waals surface area (Å²) in [5.41, 5.74) is 5.02. The first kappa shape index (κ1) is 18.7. The van der Waals surface area contributed by atoms with Gasteiger partial charge in [0.15, 0.2) is 6.61 Å². The Balaban J connectivity index is 1.92. The maximum Gasteiger partial charge on any atom is 0.277 e. The van der Waals surface area contributed by atoms with Crippen molar-refractivity contribution in [3.05, 3.63) is 55.1 Å². The Kier molecular flexibility index (Phi) is 6.61. The van der Waals surface area contributed by atoms with Gasteiger partial charge in [-0.2, -0.15) is 5.10 Å². The number of carbonyl (C=O) groups is 1. The quantitative estimate of drug-likeness (QED) is 0.370. The summed E-state index contributed by atoms with van der Waals surface area (Å²) in [7, 11) is 0. The number of hydrogen-bond acceptors (Lipinski definition) is 4. The zero-order valence-electron chi connectivity index (χ0n) is 13.1. The van der Waals surface area contributed by atoms with E-state index in [9.17, 15) is 9.90 Å². The molecule has 2 rings (SSSR count). The molecule has 7 heteroatoms. The molecule has 1 amide bonds. The fourth-order valence-electron chi connectivity index (χ4n) is 2.10. The largest absolute Gasteiger partial charge is 0.508 e. The summed E-state index contributed by atoms with van der Waals surface area (Å²) in [5.74, 6) is 0.476. The van der Waals surface area contributed by atoms with Crippen molar-refractivity contribution in [2.75, 3.05) is 6.61 Å². The normalized spacial score (nSPS) is 10.8. The fourth-order valence-corrected chi connectivity index (χ4v) is 3.38. The summed E-state index contributed by atoms with van der Waals surface area (Å²) < 4.78 is 7.48. The number of nitrogens with one attached hydrogen (secondary N) is 1. The van der Waals surface area contributed by atoms with Gasteiger partial charge in [-0.15, -0.1) is 0 Å². The first-order valence-electron chi connectivity index (χ1n) is 7.07. The van der Waals surface area contributed by atoms with E-state index in [1.807, 2.05) is 26.0 Å². The summed E-state index contributed by atoms with van der Waals surface area (Å²) in [6.45, 7) is 3.76. The van der Waals surface area contributed by atoms with E-state index in [2.05, 4.69) is 49.0 Å². The van der Waals surface area contributed by atoms with E-state index in [1.165, 1.54) is 12.3 Å². The summed E-state index contributed by atoms with van der Waals surface area (Å²) in [4.78, 5) is 11.8. The van der Waals surface area contributed by atoms with Crippen LogP contribution in [0.15, 0.2) is 39.9 Å². The number of benzene rings is 2. The van der Waals surface area contributed by atoms with Gasteiger partial charge < -0.3 is 9.84 Å². The number of phenols is 1. The second-order valence-electron chi connectivity index (χ2n) is 5.16. The van der Waals surface area contributed by atoms with Gasteiger partial charge in [0.05, 0.1) is 6.21 Å². The van der Waals surface area contributed by atoms with Crippen LogP contribution in [0.3, 0.4) is 0 Å². The second kappa shape index (κ2) is 8.48. The number of hydrogen-bond donors (Lipinski definition) is 2. The Morgan fingerprint density at radius 1 is 1.33 bits per heavy atom. The Morgan fingerprint density at radius 3 is 2.67 bits per heavy atom. The number of rotatable bonds is 5. The maximum absolute atomic E-state index is 11.8. The molecule has 0 saturated heterocycles. The SMILES string of the molecule is Cc1cc(I)cc(C)c1OCC(=O)NN=Cc1cc(O)ccc1Br. The zero-order chi connectivity index (χ0) is 17.7. The van der Waals surface area contributed by atoms with E-state index in [4.69, 9.17) is 4.74 Å². The topological polar surface area (TPSA) is 70.9 Å². The molecule has 0 saturated carbocycles. The highest BCUT2D eigenvalue weighted by molar-refractivity contribution is 14.1. The molecule has 0 atom stereocenters. The molecule has 0 unspecified atom stereocenters. The Morgan fingerprint density at radius 2 is 2.00 bits per heavy atom. The number of amides is 1. The van der Waals surface area contributed by atoms with Crippen molar-refractivity contribution in [1.82, 2.24) is 5.43 Å². The lowest BCUT2D eigenvalue weighted by Crippen LogP contribution is -2.25. The monoisotopic (exact) mass is 502 g/mol. The number of carbonyl (C=O) groups excluding carboxylic acids is 1. The molecule has 0 fully saturated rings. The molecular weight excluding hydrogens is 487 g/mol. The number of nitrogens with zero attached hydrogens (tertiary/aromatic N) is 1. The van der Waals surface area contributed by atoms with E-state index < -0.39 is 0 Å². The van der Waals surface area contributed by atoms with Gasteiger partial charge in [0.25, 0.3) is 5.91 Å². The maximum atomic E-state index is 11.8. The van der Waals surface area contributed by atoms with Crippen LogP contribution in [0.1, 0.15) is 16.7 Å². The van der Waals surface area contributed by atoms with Crippen molar-refractivity contribution >= 4 is 50.6 Å². The molecule has 2 aromatic rings. The van der Waals surface area contributed by atoms with E-state index in [1.54, 1.807) is 12.1 Å². The van der Waals surface area contributed by atoms with E-state index in [0.29, 0.717) is 11.3 Å². The number of ether oxygens (including phenoxy) is 1. The molecule has 0 aliphatic rings. The number of aromatic hydroxyl groups is 1. The lowest BCUT2D eigenvalue weighted by Gasteiger charge is -2.11. The van der Waals surface area contributed by atoms with Crippen LogP contribution in [0, 0.1) is 17.4 Å². The van der Waals surface area contributed by atoms with Gasteiger partial charge in [0, 0.05) is 13.6 Å². The minimum absolute atomic E-state index is 0.124. The van der Waals surface area contributed by atoms with Gasteiger partial charge in [-0.1, -0.05) is 15.9 Å². The summed E-state index contributed by atoms with van der Waals surface area (Å²) in [6.07, 6.45) is 1.45. The molecule has 126 valence electrons. The van der Waals surface area contributed by atoms with Gasteiger partial charge in [-0.05, 0) is 77.9 Å². The highest BCUT2D eigenvalue weighted by Gasteiger charge is 2.08. The zero-order valence-corrected chi connectivity index (χ0v) is 16.9. The lowest BCUT2D eigenvalue weighted by molar-refractivity contribution is -0.123. The Hall–Kier alpha value is -1.61. The van der Waals surface area contributed by atoms with Crippen LogP contribution in [-0.4, -0.2) is 23.8 Å². The highest BCUT2D eigenvalue weighted by Crippen LogP contribution is 2.25. The van der Waals surface area contributed by atoms with Crippen molar-refractivity contribution < 1.29 is 14.6 Å². The molecule has 2 aromatic carbocycles. The van der Waals surface area contributed by atoms with Crippen LogP contribution < -0.4 is 10.2 Å². The molecule has 0 heterocycles. The van der Waals surface area contributed by atoms with Gasteiger partial charge >= 0.3 is 0 Å². The minimum atomic E-state index is -0.361. The number of phenolic OH excluding ortho intramolecular Hbond substituents is 1. The van der Waals surface area contributed by atoms with Crippen molar-refractivity contribution in [3.8, 4) is 11.5 Å². The summed E-state index contributed by atoms with van der Waals surface area (Å²) in [5, 5.41) is 13.3. The minimum Gasteiger partial charge on any atom is -0.508 e. The van der Waals surface area contributed by atoms with Gasteiger partial charge in [-0.3, -0.25) is 4.79 Å². The van der Waals surface area contributed by atoms with Crippen LogP contribution >= 0.6 is 38.5 Å². The third-order valence-electron chi connectivity index (χ3n) is 3.15. The number of halogens is 2. The molecule has 0 aromatic heterocycles. The van der Waals surface area contributed by atoms with Crippen molar-refractivity contribution in [1.29, 1.82) is 0 Å². The van der Waals surface area contributed by atoms with Crippen LogP contribution in [0.5, 0.6) is 11.5 Å². The first-order chi connectivity index (χ1) is 11.4. The third-order valence-corrected chi connectivity index (χ3v) is 4.49. The van der Waals surface area contributed by atoms with Crippen molar-refractivity contribution in [2.24, 2.45) is 5.10 Å². The molecule has 0 bridgehead atoms. The van der Waals surface area contributed by atoms with Crippen LogP contribution in [0.2, 0.25) is 0 Å². The number of hydrazone groups is 1. The van der Waals surface area contributed by atoms with Crippen molar-refractivity contribution in [3.63, 3.8) is 0 Å². The smallest absolute Gasteiger partial charge is 0.277 e. The third kappa shape index (κ3) is 5.20. The summed E-state index contributed by atoms with van der Waals surface area (Å²) >= 11 is 5.58. The average molecular weight is 503 g/mol. The van der Waals surface area contributed by atoms with E-state index in [0.717, 1.165) is 19.2 Å². The van der Waals surface area contributed by atoms with Crippen LogP contribution in [0.25, 0.3) is 0 Å². The number of aryl methyl sites for hydroxylation is 2. The second-order valence-corrected chi connectivity index (χ2v) is 7.26. The average Bonchev–Trinajstić information content (AvgIpc) is 2.49. The molecule has 24 heavy (non-hydrogen) atoms. The Labute approximate surface area is 162 Å². The standard InChI is InChI=1S/C17H16BrIN2O3/c1-10-5-13(19)6-11(2)17(10)24-9-16(23)21-20-8-12-7-14(22)3-4-15(12)18/h3-8,22H,9H2,1-2H3,(H,21,23). The summed E-state index contributed by atoms with van der Waals surface area (Å²) in [6, 6.07) is 8.79. The molecule has 0 radical (unpaired) electrons. The molecule has 0 aliphatic heterocycles. The van der Waals surface area contributed by atoms with E-state index >= 15 is 0 Å². The predicted molar refractivity (Wildman–Crippen MR) is 106 cm³/mol. The molecule has 5 nitrogen and oxygen atoms in total. The van der Waals surface area contributed by atoms with Gasteiger partial charge in [0.2, 0.25) is 0 Å². The van der Waals surface area contributed by atoms with Gasteiger partial charge in [-0.25, -0.2) is 5.43 Å².